The van der Waals surface area contributed by atoms with E-state index in [9.17, 15) is 4.79 Å². The zero-order valence-corrected chi connectivity index (χ0v) is 17.1. The van der Waals surface area contributed by atoms with Gasteiger partial charge in [0.1, 0.15) is 6.10 Å². The molecule has 0 saturated heterocycles. The minimum atomic E-state index is -0.313. The van der Waals surface area contributed by atoms with Gasteiger partial charge >= 0.3 is 6.09 Å². The minimum Gasteiger partial charge on any atom is -0.440 e. The Hall–Kier alpha value is -2.33. The van der Waals surface area contributed by atoms with Gasteiger partial charge in [0.05, 0.1) is 0 Å². The molecule has 1 atom stereocenters. The molecule has 0 N–H and O–H groups in total. The summed E-state index contributed by atoms with van der Waals surface area (Å²) in [5.41, 5.74) is 2.25. The predicted octanol–water partition coefficient (Wildman–Crippen LogP) is 5.12. The van der Waals surface area contributed by atoms with Crippen molar-refractivity contribution in [3.63, 3.8) is 0 Å². The summed E-state index contributed by atoms with van der Waals surface area (Å²) in [4.78, 5) is 16.8. The quantitative estimate of drug-likeness (QED) is 0.649. The van der Waals surface area contributed by atoms with Crippen molar-refractivity contribution in [1.29, 1.82) is 0 Å². The summed E-state index contributed by atoms with van der Waals surface area (Å²) >= 11 is 0. The molecular weight excluding hydrogens is 336 g/mol. The van der Waals surface area contributed by atoms with Gasteiger partial charge in [0.2, 0.25) is 0 Å². The fourth-order valence-electron chi connectivity index (χ4n) is 3.32. The van der Waals surface area contributed by atoms with E-state index in [1.54, 1.807) is 4.90 Å². The highest BCUT2D eigenvalue weighted by Crippen LogP contribution is 2.22. The van der Waals surface area contributed by atoms with Gasteiger partial charge in [-0.05, 0) is 45.9 Å². The molecular formula is C23H32N2O2. The van der Waals surface area contributed by atoms with Gasteiger partial charge in [-0.25, -0.2) is 4.79 Å². The summed E-state index contributed by atoms with van der Waals surface area (Å²) in [7, 11) is 2.05. The molecule has 146 valence electrons. The lowest BCUT2D eigenvalue weighted by atomic mass is 10.1. The molecule has 2 aromatic rings. The van der Waals surface area contributed by atoms with E-state index in [0.29, 0.717) is 6.54 Å². The standard InChI is InChI=1S/C23H32N2O2/c1-18(2)25(19(3)4)23(26)27-22(21-14-10-7-11-15-21)17-24(5)16-20-12-8-6-9-13-20/h6-15,18-19,22H,16-17H2,1-5H3. The van der Waals surface area contributed by atoms with Crippen LogP contribution < -0.4 is 0 Å². The number of likely N-dealkylation sites (N-methyl/N-ethyl adjacent to an activating group) is 1. The summed E-state index contributed by atoms with van der Waals surface area (Å²) in [6.07, 6.45) is -0.575. The van der Waals surface area contributed by atoms with Crippen LogP contribution in [-0.2, 0) is 11.3 Å². The number of carbonyl (C=O) groups excluding carboxylic acids is 1. The Balaban J connectivity index is 2.13. The van der Waals surface area contributed by atoms with Crippen molar-refractivity contribution >= 4 is 6.09 Å². The average Bonchev–Trinajstić information content (AvgIpc) is 2.62. The summed E-state index contributed by atoms with van der Waals surface area (Å²) in [5, 5.41) is 0. The van der Waals surface area contributed by atoms with Crippen molar-refractivity contribution in [2.24, 2.45) is 0 Å². The highest BCUT2D eigenvalue weighted by molar-refractivity contribution is 5.68. The van der Waals surface area contributed by atoms with Crippen molar-refractivity contribution in [2.45, 2.75) is 52.4 Å². The van der Waals surface area contributed by atoms with Gasteiger partial charge in [0.25, 0.3) is 0 Å². The minimum absolute atomic E-state index is 0.0935. The number of benzene rings is 2. The monoisotopic (exact) mass is 368 g/mol. The Bertz CT molecular complexity index is 678. The molecule has 1 amide bonds. The lowest BCUT2D eigenvalue weighted by Crippen LogP contribution is -2.43. The van der Waals surface area contributed by atoms with Crippen LogP contribution >= 0.6 is 0 Å². The molecule has 4 heteroatoms. The molecule has 0 spiro atoms. The first-order valence-electron chi connectivity index (χ1n) is 9.64. The van der Waals surface area contributed by atoms with Gasteiger partial charge < -0.3 is 9.64 Å². The molecule has 0 heterocycles. The third-order valence-corrected chi connectivity index (χ3v) is 4.51. The zero-order valence-electron chi connectivity index (χ0n) is 17.1. The van der Waals surface area contributed by atoms with Gasteiger partial charge in [0.15, 0.2) is 0 Å². The first kappa shape index (κ1) is 21.0. The van der Waals surface area contributed by atoms with Crippen molar-refractivity contribution < 1.29 is 9.53 Å². The Labute approximate surface area is 163 Å². The Morgan fingerprint density at radius 3 is 1.93 bits per heavy atom. The summed E-state index contributed by atoms with van der Waals surface area (Å²) < 4.78 is 5.97. The first-order chi connectivity index (χ1) is 12.9. The maximum Gasteiger partial charge on any atom is 0.410 e. The number of carbonyl (C=O) groups is 1. The van der Waals surface area contributed by atoms with E-state index in [2.05, 4.69) is 24.1 Å². The molecule has 2 aromatic carbocycles. The van der Waals surface area contributed by atoms with Crippen LogP contribution in [0.5, 0.6) is 0 Å². The maximum atomic E-state index is 12.8. The third-order valence-electron chi connectivity index (χ3n) is 4.51. The molecule has 0 aliphatic carbocycles. The fraction of sp³-hybridized carbons (Fsp3) is 0.435. The summed E-state index contributed by atoms with van der Waals surface area (Å²) in [6.45, 7) is 9.50. The van der Waals surface area contributed by atoms with Crippen molar-refractivity contribution in [3.05, 3.63) is 71.8 Å². The SMILES string of the molecule is CC(C)N(C(=O)OC(CN(C)Cc1ccccc1)c1ccccc1)C(C)C. The fourth-order valence-corrected chi connectivity index (χ4v) is 3.32. The molecule has 1 unspecified atom stereocenters. The highest BCUT2D eigenvalue weighted by atomic mass is 16.6. The van der Waals surface area contributed by atoms with Gasteiger partial charge in [0, 0.05) is 25.2 Å². The van der Waals surface area contributed by atoms with Crippen LogP contribution in [0.2, 0.25) is 0 Å². The van der Waals surface area contributed by atoms with Crippen LogP contribution in [0.1, 0.15) is 44.9 Å². The predicted molar refractivity (Wildman–Crippen MR) is 111 cm³/mol. The molecule has 0 bridgehead atoms. The number of hydrogen-bond donors (Lipinski definition) is 0. The lowest BCUT2D eigenvalue weighted by molar-refractivity contribution is 0.0314. The van der Waals surface area contributed by atoms with Crippen molar-refractivity contribution in [1.82, 2.24) is 9.80 Å². The molecule has 4 nitrogen and oxygen atoms in total. The molecule has 0 saturated carbocycles. The Morgan fingerprint density at radius 1 is 0.889 bits per heavy atom. The lowest BCUT2D eigenvalue weighted by Gasteiger charge is -2.32. The number of nitrogens with zero attached hydrogens (tertiary/aromatic N) is 2. The Morgan fingerprint density at radius 2 is 1.41 bits per heavy atom. The molecule has 27 heavy (non-hydrogen) atoms. The summed E-state index contributed by atoms with van der Waals surface area (Å²) in [6, 6.07) is 20.5. The second-order valence-corrected chi connectivity index (χ2v) is 7.56. The van der Waals surface area contributed by atoms with Crippen LogP contribution in [-0.4, -0.2) is 41.6 Å². The van der Waals surface area contributed by atoms with Gasteiger partial charge in [-0.1, -0.05) is 60.7 Å². The molecule has 2 rings (SSSR count). The van der Waals surface area contributed by atoms with E-state index in [-0.39, 0.29) is 24.3 Å². The van der Waals surface area contributed by atoms with E-state index in [1.807, 2.05) is 76.2 Å². The molecule has 0 aromatic heterocycles. The van der Waals surface area contributed by atoms with E-state index in [1.165, 1.54) is 5.56 Å². The van der Waals surface area contributed by atoms with Crippen molar-refractivity contribution in [2.75, 3.05) is 13.6 Å². The van der Waals surface area contributed by atoms with Crippen LogP contribution in [0.3, 0.4) is 0 Å². The van der Waals surface area contributed by atoms with Gasteiger partial charge in [-0.2, -0.15) is 0 Å². The summed E-state index contributed by atoms with van der Waals surface area (Å²) in [5.74, 6) is 0. The number of amides is 1. The largest absolute Gasteiger partial charge is 0.440 e. The Kier molecular flexibility index (Phi) is 7.86. The van der Waals surface area contributed by atoms with Crippen LogP contribution in [0.25, 0.3) is 0 Å². The molecule has 0 radical (unpaired) electrons. The smallest absolute Gasteiger partial charge is 0.410 e. The van der Waals surface area contributed by atoms with E-state index < -0.39 is 0 Å². The van der Waals surface area contributed by atoms with Crippen LogP contribution in [0.4, 0.5) is 4.79 Å². The van der Waals surface area contributed by atoms with E-state index in [0.717, 1.165) is 12.1 Å². The highest BCUT2D eigenvalue weighted by Gasteiger charge is 2.26. The average molecular weight is 369 g/mol. The number of ether oxygens (including phenoxy) is 1. The second-order valence-electron chi connectivity index (χ2n) is 7.56. The third kappa shape index (κ3) is 6.40. The first-order valence-corrected chi connectivity index (χ1v) is 9.64. The number of rotatable bonds is 8. The normalized spacial score (nSPS) is 12.4. The van der Waals surface area contributed by atoms with Gasteiger partial charge in [-0.15, -0.1) is 0 Å². The van der Waals surface area contributed by atoms with Crippen LogP contribution in [0.15, 0.2) is 60.7 Å². The van der Waals surface area contributed by atoms with Crippen molar-refractivity contribution in [3.8, 4) is 0 Å². The van der Waals surface area contributed by atoms with E-state index >= 15 is 0 Å². The zero-order chi connectivity index (χ0) is 19.8. The van der Waals surface area contributed by atoms with Crippen LogP contribution in [0, 0.1) is 0 Å². The van der Waals surface area contributed by atoms with Gasteiger partial charge in [-0.3, -0.25) is 4.90 Å². The molecule has 0 aliphatic rings. The van der Waals surface area contributed by atoms with E-state index in [4.69, 9.17) is 4.74 Å². The number of hydrogen-bond acceptors (Lipinski definition) is 3. The molecule has 0 aliphatic heterocycles. The topological polar surface area (TPSA) is 32.8 Å². The second kappa shape index (κ2) is 10.1. The molecule has 0 fully saturated rings. The maximum absolute atomic E-state index is 12.8.